The molecule has 3 rings (SSSR count). The van der Waals surface area contributed by atoms with E-state index in [-0.39, 0.29) is 17.9 Å². The molecule has 0 aromatic heterocycles. The molecule has 1 aliphatic heterocycles. The van der Waals surface area contributed by atoms with E-state index in [0.29, 0.717) is 22.0 Å². The molecule has 2 aromatic rings. The summed E-state index contributed by atoms with van der Waals surface area (Å²) in [5.74, 6) is -0.225. The number of nitrogens with one attached hydrogen (secondary N) is 3. The number of halogens is 1. The van der Waals surface area contributed by atoms with Crippen molar-refractivity contribution in [3.8, 4) is 0 Å². The van der Waals surface area contributed by atoms with Crippen LogP contribution in [0.15, 0.2) is 48.5 Å². The van der Waals surface area contributed by atoms with Gasteiger partial charge in [0.25, 0.3) is 5.91 Å². The molecule has 0 bridgehead atoms. The van der Waals surface area contributed by atoms with E-state index in [9.17, 15) is 9.59 Å². The number of carbonyl (C=O) groups excluding carboxylic acids is 2. The highest BCUT2D eigenvalue weighted by Gasteiger charge is 2.20. The highest BCUT2D eigenvalue weighted by atomic mass is 35.5. The van der Waals surface area contributed by atoms with Crippen LogP contribution in [0.25, 0.3) is 0 Å². The molecule has 1 aliphatic rings. The molecule has 0 aliphatic carbocycles. The van der Waals surface area contributed by atoms with E-state index >= 15 is 0 Å². The lowest BCUT2D eigenvalue weighted by molar-refractivity contribution is -0.118. The van der Waals surface area contributed by atoms with Crippen LogP contribution < -0.4 is 16.0 Å². The summed E-state index contributed by atoms with van der Waals surface area (Å²) >= 11 is 5.82. The lowest BCUT2D eigenvalue weighted by atomic mass is 10.0. The van der Waals surface area contributed by atoms with Crippen LogP contribution in [-0.2, 0) is 4.79 Å². The highest BCUT2D eigenvalue weighted by molar-refractivity contribution is 6.30. The van der Waals surface area contributed by atoms with E-state index in [1.54, 1.807) is 48.5 Å². The Hall–Kier alpha value is -2.37. The monoisotopic (exact) mass is 357 g/mol. The first kappa shape index (κ1) is 17.5. The summed E-state index contributed by atoms with van der Waals surface area (Å²) in [6.07, 6.45) is 3.05. The second-order valence-corrected chi connectivity index (χ2v) is 6.47. The molecular weight excluding hydrogens is 338 g/mol. The Balaban J connectivity index is 1.57. The zero-order valence-electron chi connectivity index (χ0n) is 13.7. The van der Waals surface area contributed by atoms with E-state index in [1.165, 1.54) is 0 Å². The normalized spacial score (nSPS) is 16.9. The second-order valence-electron chi connectivity index (χ2n) is 6.03. The van der Waals surface area contributed by atoms with Crippen LogP contribution >= 0.6 is 11.6 Å². The third-order valence-corrected chi connectivity index (χ3v) is 4.40. The van der Waals surface area contributed by atoms with Gasteiger partial charge in [-0.1, -0.05) is 18.0 Å². The van der Waals surface area contributed by atoms with Gasteiger partial charge in [0.15, 0.2) is 0 Å². The summed E-state index contributed by atoms with van der Waals surface area (Å²) in [6.45, 7) is 0.883. The van der Waals surface area contributed by atoms with E-state index < -0.39 is 0 Å². The molecular formula is C19H20ClN3O2. The topological polar surface area (TPSA) is 70.2 Å². The number of benzene rings is 2. The number of hydrogen-bond acceptors (Lipinski definition) is 3. The van der Waals surface area contributed by atoms with E-state index in [4.69, 9.17) is 11.6 Å². The fourth-order valence-electron chi connectivity index (χ4n) is 2.75. The quantitative estimate of drug-likeness (QED) is 0.781. The lowest BCUT2D eigenvalue weighted by Crippen LogP contribution is -2.43. The minimum Gasteiger partial charge on any atom is -0.325 e. The highest BCUT2D eigenvalue weighted by Crippen LogP contribution is 2.17. The van der Waals surface area contributed by atoms with Gasteiger partial charge < -0.3 is 16.0 Å². The van der Waals surface area contributed by atoms with Gasteiger partial charge in [-0.3, -0.25) is 9.59 Å². The third kappa shape index (κ3) is 4.81. The van der Waals surface area contributed by atoms with Crippen LogP contribution in [0.4, 0.5) is 11.4 Å². The van der Waals surface area contributed by atoms with Gasteiger partial charge >= 0.3 is 0 Å². The zero-order valence-corrected chi connectivity index (χ0v) is 14.5. The summed E-state index contributed by atoms with van der Waals surface area (Å²) in [7, 11) is 0. The maximum atomic E-state index is 12.2. The van der Waals surface area contributed by atoms with E-state index in [0.717, 1.165) is 25.8 Å². The van der Waals surface area contributed by atoms with Crippen LogP contribution in [0.5, 0.6) is 0 Å². The number of piperidine rings is 1. The van der Waals surface area contributed by atoms with Gasteiger partial charge in [0.05, 0.1) is 6.04 Å². The number of carbonyl (C=O) groups is 2. The molecule has 1 unspecified atom stereocenters. The molecule has 3 N–H and O–H groups in total. The molecule has 2 amide bonds. The summed E-state index contributed by atoms with van der Waals surface area (Å²) in [5.41, 5.74) is 1.90. The fourth-order valence-corrected chi connectivity index (χ4v) is 2.87. The van der Waals surface area contributed by atoms with Crippen molar-refractivity contribution in [2.75, 3.05) is 17.2 Å². The summed E-state index contributed by atoms with van der Waals surface area (Å²) in [4.78, 5) is 24.4. The molecule has 0 saturated carbocycles. The van der Waals surface area contributed by atoms with Crippen LogP contribution in [0, 0.1) is 0 Å². The molecule has 2 aromatic carbocycles. The molecule has 1 heterocycles. The van der Waals surface area contributed by atoms with Crippen molar-refractivity contribution in [1.29, 1.82) is 0 Å². The zero-order chi connectivity index (χ0) is 17.6. The minimum atomic E-state index is -0.208. The SMILES string of the molecule is O=C(Nc1ccc(NC(=O)C2CCCCN2)cc1)c1ccc(Cl)cc1. The smallest absolute Gasteiger partial charge is 0.255 e. The van der Waals surface area contributed by atoms with Crippen LogP contribution in [0.1, 0.15) is 29.6 Å². The van der Waals surface area contributed by atoms with Crippen molar-refractivity contribution in [2.45, 2.75) is 25.3 Å². The maximum Gasteiger partial charge on any atom is 0.255 e. The number of hydrogen-bond donors (Lipinski definition) is 3. The first-order valence-corrected chi connectivity index (χ1v) is 8.71. The Morgan fingerprint density at radius 2 is 1.56 bits per heavy atom. The van der Waals surface area contributed by atoms with Gasteiger partial charge in [0.1, 0.15) is 0 Å². The Morgan fingerprint density at radius 3 is 2.16 bits per heavy atom. The molecule has 0 radical (unpaired) electrons. The minimum absolute atomic E-state index is 0.0161. The predicted octanol–water partition coefficient (Wildman–Crippen LogP) is 3.67. The third-order valence-electron chi connectivity index (χ3n) is 4.14. The second kappa shape index (κ2) is 8.14. The molecule has 0 spiro atoms. The van der Waals surface area contributed by atoms with Crippen molar-refractivity contribution in [3.05, 3.63) is 59.1 Å². The van der Waals surface area contributed by atoms with Crippen molar-refractivity contribution >= 4 is 34.8 Å². The van der Waals surface area contributed by atoms with Crippen LogP contribution in [-0.4, -0.2) is 24.4 Å². The summed E-state index contributed by atoms with van der Waals surface area (Å²) in [5, 5.41) is 9.52. The number of rotatable bonds is 4. The standard InChI is InChI=1S/C19H20ClN3O2/c20-14-6-4-13(5-7-14)18(24)22-15-8-10-16(11-9-15)23-19(25)17-3-1-2-12-21-17/h4-11,17,21H,1-3,12H2,(H,22,24)(H,23,25). The van der Waals surface area contributed by atoms with Gasteiger partial charge in [0, 0.05) is 22.0 Å². The Bertz CT molecular complexity index is 738. The fraction of sp³-hybridized carbons (Fsp3) is 0.263. The first-order chi connectivity index (χ1) is 12.1. The molecule has 1 saturated heterocycles. The van der Waals surface area contributed by atoms with Gasteiger partial charge in [0.2, 0.25) is 5.91 Å². The van der Waals surface area contributed by atoms with E-state index in [1.807, 2.05) is 0 Å². The lowest BCUT2D eigenvalue weighted by Gasteiger charge is -2.22. The van der Waals surface area contributed by atoms with Crippen molar-refractivity contribution in [1.82, 2.24) is 5.32 Å². The average molecular weight is 358 g/mol. The molecule has 25 heavy (non-hydrogen) atoms. The first-order valence-electron chi connectivity index (χ1n) is 8.33. The van der Waals surface area contributed by atoms with Crippen LogP contribution in [0.3, 0.4) is 0 Å². The molecule has 130 valence electrons. The molecule has 1 atom stereocenters. The molecule has 1 fully saturated rings. The van der Waals surface area contributed by atoms with Crippen LogP contribution in [0.2, 0.25) is 5.02 Å². The van der Waals surface area contributed by atoms with E-state index in [2.05, 4.69) is 16.0 Å². The number of anilines is 2. The van der Waals surface area contributed by atoms with Gasteiger partial charge in [-0.05, 0) is 67.9 Å². The largest absolute Gasteiger partial charge is 0.325 e. The van der Waals surface area contributed by atoms with Gasteiger partial charge in [-0.15, -0.1) is 0 Å². The van der Waals surface area contributed by atoms with Crippen molar-refractivity contribution < 1.29 is 9.59 Å². The van der Waals surface area contributed by atoms with Crippen molar-refractivity contribution in [3.63, 3.8) is 0 Å². The van der Waals surface area contributed by atoms with Gasteiger partial charge in [-0.25, -0.2) is 0 Å². The predicted molar refractivity (Wildman–Crippen MR) is 100 cm³/mol. The average Bonchev–Trinajstić information content (AvgIpc) is 2.64. The van der Waals surface area contributed by atoms with Crippen molar-refractivity contribution in [2.24, 2.45) is 0 Å². The Kier molecular flexibility index (Phi) is 5.68. The maximum absolute atomic E-state index is 12.2. The Morgan fingerprint density at radius 1 is 0.920 bits per heavy atom. The number of amides is 2. The Labute approximate surface area is 151 Å². The van der Waals surface area contributed by atoms with Gasteiger partial charge in [-0.2, -0.15) is 0 Å². The molecule has 5 nitrogen and oxygen atoms in total. The molecule has 6 heteroatoms. The summed E-state index contributed by atoms with van der Waals surface area (Å²) in [6, 6.07) is 13.6. The summed E-state index contributed by atoms with van der Waals surface area (Å²) < 4.78 is 0.